The maximum atomic E-state index is 12.0. The molecule has 0 amide bonds. The summed E-state index contributed by atoms with van der Waals surface area (Å²) < 4.78 is 37.2. The monoisotopic (exact) mass is 276 g/mol. The molecular weight excluding hydrogens is 272 g/mol. The average molecular weight is 276 g/mol. The number of rotatable bonds is 0. The van der Waals surface area contributed by atoms with Crippen molar-refractivity contribution in [3.8, 4) is 0 Å². The lowest BCUT2D eigenvalue weighted by Crippen LogP contribution is -2.11. The van der Waals surface area contributed by atoms with Crippen LogP contribution in [0.5, 0.6) is 0 Å². The third-order valence-electron chi connectivity index (χ3n) is 1.14. The number of alkyl halides is 3. The van der Waals surface area contributed by atoms with E-state index in [0.29, 0.717) is 3.70 Å². The molecule has 0 saturated carbocycles. The van der Waals surface area contributed by atoms with Crippen LogP contribution in [-0.4, -0.2) is 9.78 Å². The highest BCUT2D eigenvalue weighted by Gasteiger charge is 2.34. The molecule has 62 valence electrons. The molecular formula is C5H4F3IN2. The lowest BCUT2D eigenvalue weighted by atomic mass is 10.4. The van der Waals surface area contributed by atoms with E-state index in [0.717, 1.165) is 10.7 Å². The molecule has 0 unspecified atom stereocenters. The first kappa shape index (κ1) is 8.82. The molecule has 1 aromatic rings. The first-order valence-electron chi connectivity index (χ1n) is 2.68. The van der Waals surface area contributed by atoms with Gasteiger partial charge in [-0.15, -0.1) is 0 Å². The largest absolute Gasteiger partial charge is 0.433 e. The third kappa shape index (κ3) is 1.85. The van der Waals surface area contributed by atoms with Crippen molar-refractivity contribution in [2.75, 3.05) is 0 Å². The normalized spacial score (nSPS) is 12.1. The van der Waals surface area contributed by atoms with Crippen LogP contribution in [0.25, 0.3) is 0 Å². The molecule has 0 aliphatic rings. The van der Waals surface area contributed by atoms with Gasteiger partial charge < -0.3 is 0 Å². The summed E-state index contributed by atoms with van der Waals surface area (Å²) in [4.78, 5) is 0. The van der Waals surface area contributed by atoms with Gasteiger partial charge in [0, 0.05) is 13.1 Å². The molecule has 0 N–H and O–H groups in total. The zero-order chi connectivity index (χ0) is 8.65. The van der Waals surface area contributed by atoms with Crippen molar-refractivity contribution in [1.82, 2.24) is 9.78 Å². The number of aryl methyl sites for hydroxylation is 1. The van der Waals surface area contributed by atoms with Crippen LogP contribution in [0.1, 0.15) is 5.69 Å². The van der Waals surface area contributed by atoms with E-state index in [1.807, 2.05) is 0 Å². The van der Waals surface area contributed by atoms with Crippen LogP contribution in [0.3, 0.4) is 0 Å². The van der Waals surface area contributed by atoms with Gasteiger partial charge in [0.15, 0.2) is 0 Å². The maximum Gasteiger partial charge on any atom is 0.433 e. The molecule has 0 spiro atoms. The molecule has 0 atom stereocenters. The van der Waals surface area contributed by atoms with E-state index < -0.39 is 11.9 Å². The van der Waals surface area contributed by atoms with Gasteiger partial charge in [-0.1, -0.05) is 0 Å². The van der Waals surface area contributed by atoms with Crippen molar-refractivity contribution in [2.24, 2.45) is 7.05 Å². The van der Waals surface area contributed by atoms with Crippen molar-refractivity contribution in [3.63, 3.8) is 0 Å². The molecule has 0 radical (unpaired) electrons. The molecule has 1 rings (SSSR count). The summed E-state index contributed by atoms with van der Waals surface area (Å²) in [6.45, 7) is 0. The van der Waals surface area contributed by atoms with Crippen LogP contribution >= 0.6 is 22.6 Å². The minimum absolute atomic E-state index is 0.345. The Morgan fingerprint density at radius 1 is 1.55 bits per heavy atom. The zero-order valence-electron chi connectivity index (χ0n) is 5.48. The summed E-state index contributed by atoms with van der Waals surface area (Å²) >= 11 is 1.73. The van der Waals surface area contributed by atoms with Crippen LogP contribution in [0.15, 0.2) is 6.07 Å². The Morgan fingerprint density at radius 2 is 2.09 bits per heavy atom. The van der Waals surface area contributed by atoms with E-state index >= 15 is 0 Å². The Labute approximate surface area is 74.5 Å². The Kier molecular flexibility index (Phi) is 2.13. The SMILES string of the molecule is Cn1nc(I)cc1C(F)(F)F. The van der Waals surface area contributed by atoms with Crippen LogP contribution < -0.4 is 0 Å². The van der Waals surface area contributed by atoms with Gasteiger partial charge in [-0.2, -0.15) is 18.3 Å². The van der Waals surface area contributed by atoms with Crippen LogP contribution in [0.4, 0.5) is 13.2 Å². The van der Waals surface area contributed by atoms with Crippen LogP contribution in [0.2, 0.25) is 0 Å². The van der Waals surface area contributed by atoms with Gasteiger partial charge >= 0.3 is 6.18 Å². The van der Waals surface area contributed by atoms with E-state index in [-0.39, 0.29) is 0 Å². The van der Waals surface area contributed by atoms with E-state index in [1.165, 1.54) is 7.05 Å². The molecule has 2 nitrogen and oxygen atoms in total. The summed E-state index contributed by atoms with van der Waals surface area (Å²) in [5.74, 6) is 0. The molecule has 1 heterocycles. The van der Waals surface area contributed by atoms with Crippen LogP contribution in [0, 0.1) is 3.70 Å². The van der Waals surface area contributed by atoms with E-state index in [9.17, 15) is 13.2 Å². The van der Waals surface area contributed by atoms with Gasteiger partial charge in [0.1, 0.15) is 9.39 Å². The summed E-state index contributed by atoms with van der Waals surface area (Å²) in [5, 5.41) is 3.56. The second kappa shape index (κ2) is 2.65. The molecule has 0 aromatic carbocycles. The zero-order valence-corrected chi connectivity index (χ0v) is 7.64. The molecule has 0 saturated heterocycles. The van der Waals surface area contributed by atoms with Gasteiger partial charge in [-0.05, 0) is 22.6 Å². The van der Waals surface area contributed by atoms with Gasteiger partial charge in [0.25, 0.3) is 0 Å². The minimum atomic E-state index is -4.30. The predicted octanol–water partition coefficient (Wildman–Crippen LogP) is 2.04. The molecule has 0 fully saturated rings. The Balaban J connectivity index is 3.13. The second-order valence-corrected chi connectivity index (χ2v) is 3.08. The Hall–Kier alpha value is -0.270. The molecule has 11 heavy (non-hydrogen) atoms. The lowest BCUT2D eigenvalue weighted by Gasteiger charge is -2.04. The lowest BCUT2D eigenvalue weighted by molar-refractivity contribution is -0.143. The van der Waals surface area contributed by atoms with Crippen LogP contribution in [-0.2, 0) is 13.2 Å². The van der Waals surface area contributed by atoms with Crippen molar-refractivity contribution < 1.29 is 13.2 Å². The highest BCUT2D eigenvalue weighted by Crippen LogP contribution is 2.29. The van der Waals surface area contributed by atoms with Gasteiger partial charge in [-0.3, -0.25) is 4.68 Å². The first-order chi connectivity index (χ1) is 4.91. The Morgan fingerprint density at radius 3 is 2.27 bits per heavy atom. The fourth-order valence-electron chi connectivity index (χ4n) is 0.698. The number of nitrogens with zero attached hydrogens (tertiary/aromatic N) is 2. The first-order valence-corrected chi connectivity index (χ1v) is 3.76. The average Bonchev–Trinajstić information content (AvgIpc) is 2.08. The summed E-state index contributed by atoms with van der Waals surface area (Å²) in [5.41, 5.74) is -0.720. The van der Waals surface area contributed by atoms with Gasteiger partial charge in [0.2, 0.25) is 0 Å². The smallest absolute Gasteiger partial charge is 0.262 e. The number of hydrogen-bond donors (Lipinski definition) is 0. The second-order valence-electron chi connectivity index (χ2n) is 1.97. The molecule has 0 aliphatic carbocycles. The fraction of sp³-hybridized carbons (Fsp3) is 0.400. The maximum absolute atomic E-state index is 12.0. The minimum Gasteiger partial charge on any atom is -0.262 e. The Bertz CT molecular complexity index is 265. The summed E-state index contributed by atoms with van der Waals surface area (Å²) in [6, 6.07) is 1.00. The quantitative estimate of drug-likeness (QED) is 0.663. The summed E-state index contributed by atoms with van der Waals surface area (Å²) in [7, 11) is 1.27. The third-order valence-corrected chi connectivity index (χ3v) is 1.67. The highest BCUT2D eigenvalue weighted by molar-refractivity contribution is 14.1. The van der Waals surface area contributed by atoms with Crippen molar-refractivity contribution in [1.29, 1.82) is 0 Å². The highest BCUT2D eigenvalue weighted by atomic mass is 127. The van der Waals surface area contributed by atoms with Crippen molar-refractivity contribution in [3.05, 3.63) is 15.5 Å². The standard InChI is InChI=1S/C5H4F3IN2/c1-11-3(5(6,7)8)2-4(9)10-11/h2H,1H3. The van der Waals surface area contributed by atoms with Crippen molar-refractivity contribution in [2.45, 2.75) is 6.18 Å². The van der Waals surface area contributed by atoms with E-state index in [2.05, 4.69) is 5.10 Å². The van der Waals surface area contributed by atoms with E-state index in [4.69, 9.17) is 0 Å². The molecule has 0 bridgehead atoms. The topological polar surface area (TPSA) is 17.8 Å². The van der Waals surface area contributed by atoms with Crippen molar-refractivity contribution >= 4 is 22.6 Å². The summed E-state index contributed by atoms with van der Waals surface area (Å²) in [6.07, 6.45) is -4.30. The number of aromatic nitrogens is 2. The molecule has 6 heteroatoms. The fourth-order valence-corrected chi connectivity index (χ4v) is 1.32. The number of halogens is 4. The molecule has 0 aliphatic heterocycles. The van der Waals surface area contributed by atoms with Gasteiger partial charge in [0.05, 0.1) is 0 Å². The predicted molar refractivity (Wildman–Crippen MR) is 40.9 cm³/mol. The molecule has 1 aromatic heterocycles. The number of hydrogen-bond acceptors (Lipinski definition) is 1. The van der Waals surface area contributed by atoms with Gasteiger partial charge in [-0.25, -0.2) is 0 Å². The van der Waals surface area contributed by atoms with E-state index in [1.54, 1.807) is 22.6 Å².